The van der Waals surface area contributed by atoms with Crippen molar-refractivity contribution in [3.63, 3.8) is 0 Å². The second-order valence-corrected chi connectivity index (χ2v) is 7.85. The number of amides is 1. The second kappa shape index (κ2) is 10.2. The van der Waals surface area contributed by atoms with Crippen LogP contribution < -0.4 is 10.1 Å². The third kappa shape index (κ3) is 5.92. The topological polar surface area (TPSA) is 51.2 Å². The number of halogens is 1. The van der Waals surface area contributed by atoms with Crippen LogP contribution >= 0.6 is 23.7 Å². The van der Waals surface area contributed by atoms with Crippen LogP contribution in [0.3, 0.4) is 0 Å². The first-order valence-corrected chi connectivity index (χ1v) is 10.3. The number of carbonyl (C=O) groups excluding carboxylic acids is 1. The van der Waals surface area contributed by atoms with Crippen LogP contribution in [-0.2, 0) is 24.2 Å². The standard InChI is InChI=1S/C23H22N2O2S.ClH/c26-22(25-23-24-20-11-4-5-12-21(20)28-23)14-13-17-9-6-10-19(15-17)27-16-18-7-2-1-3-8-18;/h1-3,6-10,13-15H,4-5,11-12,16H2,(H,24,25,26);1H/b14-13+;. The summed E-state index contributed by atoms with van der Waals surface area (Å²) in [5.41, 5.74) is 3.19. The van der Waals surface area contributed by atoms with E-state index in [1.165, 1.54) is 23.8 Å². The molecule has 3 aromatic rings. The number of rotatable bonds is 6. The number of carbonyl (C=O) groups is 1. The number of hydrogen-bond acceptors (Lipinski definition) is 4. The molecule has 1 aromatic heterocycles. The SMILES string of the molecule is Cl.O=C(/C=C/c1cccc(OCc2ccccc2)c1)Nc1nc2c(s1)CCCC2. The number of fused-ring (bicyclic) bond motifs is 1. The van der Waals surface area contributed by atoms with Crippen molar-refractivity contribution in [2.75, 3.05) is 5.32 Å². The average molecular weight is 427 g/mol. The highest BCUT2D eigenvalue weighted by Gasteiger charge is 2.15. The minimum absolute atomic E-state index is 0. The van der Waals surface area contributed by atoms with Crippen LogP contribution in [0.5, 0.6) is 5.75 Å². The summed E-state index contributed by atoms with van der Waals surface area (Å²) in [6, 6.07) is 17.8. The predicted octanol–water partition coefficient (Wildman–Crippen LogP) is 5.67. The summed E-state index contributed by atoms with van der Waals surface area (Å²) < 4.78 is 5.84. The molecule has 0 bridgehead atoms. The molecule has 0 aliphatic heterocycles. The van der Waals surface area contributed by atoms with Gasteiger partial charge in [0.15, 0.2) is 5.13 Å². The van der Waals surface area contributed by atoms with Crippen molar-refractivity contribution in [3.8, 4) is 5.75 Å². The van der Waals surface area contributed by atoms with Crippen LogP contribution in [0, 0.1) is 0 Å². The molecule has 2 aromatic carbocycles. The lowest BCUT2D eigenvalue weighted by Crippen LogP contribution is -2.07. The van der Waals surface area contributed by atoms with Crippen LogP contribution in [0.4, 0.5) is 5.13 Å². The maximum absolute atomic E-state index is 12.2. The van der Waals surface area contributed by atoms with E-state index >= 15 is 0 Å². The van der Waals surface area contributed by atoms with E-state index in [0.29, 0.717) is 11.7 Å². The molecule has 0 atom stereocenters. The quantitative estimate of drug-likeness (QED) is 0.516. The normalized spacial score (nSPS) is 12.8. The maximum atomic E-state index is 12.2. The summed E-state index contributed by atoms with van der Waals surface area (Å²) in [5, 5.41) is 3.58. The van der Waals surface area contributed by atoms with Crippen molar-refractivity contribution in [3.05, 3.63) is 82.4 Å². The summed E-state index contributed by atoms with van der Waals surface area (Å²) >= 11 is 1.60. The molecule has 0 saturated heterocycles. The van der Waals surface area contributed by atoms with Crippen LogP contribution in [0.1, 0.15) is 34.5 Å². The molecule has 150 valence electrons. The van der Waals surface area contributed by atoms with Crippen LogP contribution in [0.15, 0.2) is 60.7 Å². The Labute approximate surface area is 181 Å². The molecule has 0 saturated carbocycles. The Balaban J connectivity index is 0.00000240. The number of thiazole rings is 1. The fourth-order valence-electron chi connectivity index (χ4n) is 3.17. The molecular formula is C23H23ClN2O2S. The molecular weight excluding hydrogens is 404 g/mol. The minimum Gasteiger partial charge on any atom is -0.489 e. The number of nitrogens with one attached hydrogen (secondary N) is 1. The number of nitrogens with zero attached hydrogens (tertiary/aromatic N) is 1. The molecule has 1 aliphatic carbocycles. The number of aryl methyl sites for hydroxylation is 2. The van der Waals surface area contributed by atoms with Gasteiger partial charge in [-0.1, -0.05) is 42.5 Å². The number of anilines is 1. The Morgan fingerprint density at radius 2 is 1.93 bits per heavy atom. The summed E-state index contributed by atoms with van der Waals surface area (Å²) in [7, 11) is 0. The van der Waals surface area contributed by atoms with Crippen molar-refractivity contribution < 1.29 is 9.53 Å². The molecule has 0 spiro atoms. The highest BCUT2D eigenvalue weighted by atomic mass is 35.5. The van der Waals surface area contributed by atoms with E-state index in [9.17, 15) is 4.79 Å². The lowest BCUT2D eigenvalue weighted by atomic mass is 10.0. The predicted molar refractivity (Wildman–Crippen MR) is 121 cm³/mol. The van der Waals surface area contributed by atoms with Gasteiger partial charge >= 0.3 is 0 Å². The molecule has 1 aliphatic rings. The lowest BCUT2D eigenvalue weighted by Gasteiger charge is -2.06. The minimum atomic E-state index is -0.165. The largest absolute Gasteiger partial charge is 0.489 e. The Kier molecular flexibility index (Phi) is 7.44. The van der Waals surface area contributed by atoms with Crippen molar-refractivity contribution >= 4 is 40.9 Å². The molecule has 6 heteroatoms. The summed E-state index contributed by atoms with van der Waals surface area (Å²) in [4.78, 5) is 18.1. The highest BCUT2D eigenvalue weighted by molar-refractivity contribution is 7.15. The first-order chi connectivity index (χ1) is 13.8. The Hall–Kier alpha value is -2.63. The maximum Gasteiger partial charge on any atom is 0.250 e. The highest BCUT2D eigenvalue weighted by Crippen LogP contribution is 2.29. The second-order valence-electron chi connectivity index (χ2n) is 6.77. The van der Waals surface area contributed by atoms with Crippen molar-refractivity contribution in [2.24, 2.45) is 0 Å². The number of ether oxygens (including phenoxy) is 1. The van der Waals surface area contributed by atoms with Gasteiger partial charge in [-0.3, -0.25) is 10.1 Å². The van der Waals surface area contributed by atoms with E-state index in [-0.39, 0.29) is 18.3 Å². The zero-order chi connectivity index (χ0) is 19.2. The van der Waals surface area contributed by atoms with E-state index in [1.807, 2.05) is 54.6 Å². The van der Waals surface area contributed by atoms with Gasteiger partial charge in [-0.2, -0.15) is 0 Å². The first kappa shape index (κ1) is 21.1. The van der Waals surface area contributed by atoms with Crippen LogP contribution in [-0.4, -0.2) is 10.9 Å². The van der Waals surface area contributed by atoms with Gasteiger partial charge in [-0.25, -0.2) is 4.98 Å². The zero-order valence-electron chi connectivity index (χ0n) is 16.0. The number of aromatic nitrogens is 1. The third-order valence-corrected chi connectivity index (χ3v) is 5.68. The monoisotopic (exact) mass is 426 g/mol. The molecule has 29 heavy (non-hydrogen) atoms. The van der Waals surface area contributed by atoms with Crippen molar-refractivity contribution in [1.29, 1.82) is 0 Å². The molecule has 0 unspecified atom stereocenters. The number of benzene rings is 2. The van der Waals surface area contributed by atoms with Gasteiger partial charge in [-0.15, -0.1) is 23.7 Å². The Morgan fingerprint density at radius 1 is 1.10 bits per heavy atom. The van der Waals surface area contributed by atoms with Gasteiger partial charge in [-0.05, 0) is 55.0 Å². The molecule has 0 fully saturated rings. The van der Waals surface area contributed by atoms with E-state index in [4.69, 9.17) is 4.74 Å². The summed E-state index contributed by atoms with van der Waals surface area (Å²) in [6.45, 7) is 0.517. The Bertz CT molecular complexity index is 962. The molecule has 1 amide bonds. The van der Waals surface area contributed by atoms with E-state index in [0.717, 1.165) is 35.4 Å². The van der Waals surface area contributed by atoms with Gasteiger partial charge < -0.3 is 4.74 Å². The van der Waals surface area contributed by atoms with Gasteiger partial charge in [0.05, 0.1) is 5.69 Å². The fourth-order valence-corrected chi connectivity index (χ4v) is 4.23. The smallest absolute Gasteiger partial charge is 0.250 e. The van der Waals surface area contributed by atoms with Gasteiger partial charge in [0, 0.05) is 11.0 Å². The summed E-state index contributed by atoms with van der Waals surface area (Å²) in [6.07, 6.45) is 7.83. The molecule has 0 radical (unpaired) electrons. The van der Waals surface area contributed by atoms with Crippen molar-refractivity contribution in [2.45, 2.75) is 32.3 Å². The van der Waals surface area contributed by atoms with E-state index in [2.05, 4.69) is 10.3 Å². The van der Waals surface area contributed by atoms with Crippen molar-refractivity contribution in [1.82, 2.24) is 4.98 Å². The van der Waals surface area contributed by atoms with E-state index in [1.54, 1.807) is 17.4 Å². The van der Waals surface area contributed by atoms with Crippen LogP contribution in [0.2, 0.25) is 0 Å². The molecule has 4 rings (SSSR count). The molecule has 4 nitrogen and oxygen atoms in total. The van der Waals surface area contributed by atoms with Gasteiger partial charge in [0.1, 0.15) is 12.4 Å². The molecule has 1 heterocycles. The van der Waals surface area contributed by atoms with E-state index < -0.39 is 0 Å². The average Bonchev–Trinajstić information content (AvgIpc) is 3.14. The van der Waals surface area contributed by atoms with Gasteiger partial charge in [0.2, 0.25) is 5.91 Å². The van der Waals surface area contributed by atoms with Gasteiger partial charge in [0.25, 0.3) is 0 Å². The molecule has 1 N–H and O–H groups in total. The third-order valence-electron chi connectivity index (χ3n) is 4.61. The lowest BCUT2D eigenvalue weighted by molar-refractivity contribution is -0.111. The zero-order valence-corrected chi connectivity index (χ0v) is 17.6. The fraction of sp³-hybridized carbons (Fsp3) is 0.217. The van der Waals surface area contributed by atoms with Crippen LogP contribution in [0.25, 0.3) is 6.08 Å². The number of hydrogen-bond donors (Lipinski definition) is 1. The Morgan fingerprint density at radius 3 is 2.76 bits per heavy atom. The first-order valence-electron chi connectivity index (χ1n) is 9.51. The summed E-state index contributed by atoms with van der Waals surface area (Å²) in [5.74, 6) is 0.612.